The van der Waals surface area contributed by atoms with Gasteiger partial charge in [0, 0.05) is 5.69 Å². The summed E-state index contributed by atoms with van der Waals surface area (Å²) in [6.07, 6.45) is 0.232. The Kier molecular flexibility index (Phi) is 5.08. The second kappa shape index (κ2) is 7.79. The minimum absolute atomic E-state index is 0.129. The molecule has 3 aromatic rings. The number of nitriles is 2. The van der Waals surface area contributed by atoms with Crippen LogP contribution in [0.15, 0.2) is 72.8 Å². The lowest BCUT2D eigenvalue weighted by molar-refractivity contribution is -0.115. The van der Waals surface area contributed by atoms with E-state index in [4.69, 9.17) is 10.5 Å². The molecule has 4 heteroatoms. The third-order valence-electron chi connectivity index (χ3n) is 3.99. The van der Waals surface area contributed by atoms with Crippen LogP contribution in [0.2, 0.25) is 0 Å². The Bertz CT molecular complexity index is 1010. The summed E-state index contributed by atoms with van der Waals surface area (Å²) in [7, 11) is 0. The van der Waals surface area contributed by atoms with Gasteiger partial charge in [0.1, 0.15) is 0 Å². The van der Waals surface area contributed by atoms with Gasteiger partial charge in [-0.15, -0.1) is 0 Å². The molecule has 0 aliphatic heterocycles. The highest BCUT2D eigenvalue weighted by atomic mass is 16.1. The molecule has 0 bridgehead atoms. The first kappa shape index (κ1) is 17.0. The lowest BCUT2D eigenvalue weighted by Gasteiger charge is -2.10. The molecular formula is C22H15N3O. The summed E-state index contributed by atoms with van der Waals surface area (Å²) in [6, 6.07) is 25.9. The van der Waals surface area contributed by atoms with Crippen LogP contribution in [0, 0.1) is 22.7 Å². The molecule has 0 atom stereocenters. The quantitative estimate of drug-likeness (QED) is 0.772. The van der Waals surface area contributed by atoms with E-state index in [1.54, 1.807) is 36.4 Å². The van der Waals surface area contributed by atoms with E-state index in [1.165, 1.54) is 0 Å². The molecule has 3 rings (SSSR count). The van der Waals surface area contributed by atoms with Crippen molar-refractivity contribution in [3.63, 3.8) is 0 Å². The molecule has 0 aliphatic carbocycles. The van der Waals surface area contributed by atoms with Gasteiger partial charge in [-0.2, -0.15) is 10.5 Å². The summed E-state index contributed by atoms with van der Waals surface area (Å²) in [5.74, 6) is -0.129. The van der Waals surface area contributed by atoms with E-state index in [0.29, 0.717) is 16.8 Å². The van der Waals surface area contributed by atoms with Gasteiger partial charge in [0.25, 0.3) is 0 Å². The zero-order chi connectivity index (χ0) is 18.4. The molecule has 0 heterocycles. The Hall–Kier alpha value is -3.89. The van der Waals surface area contributed by atoms with Crippen molar-refractivity contribution >= 4 is 11.6 Å². The lowest BCUT2D eigenvalue weighted by atomic mass is 9.97. The molecule has 1 N–H and O–H groups in total. The van der Waals surface area contributed by atoms with Crippen molar-refractivity contribution in [3.05, 3.63) is 89.5 Å². The van der Waals surface area contributed by atoms with Crippen molar-refractivity contribution in [2.75, 3.05) is 5.32 Å². The van der Waals surface area contributed by atoms with Gasteiger partial charge in [0.2, 0.25) is 5.91 Å². The Labute approximate surface area is 152 Å². The molecule has 3 aromatic carbocycles. The van der Waals surface area contributed by atoms with Crippen LogP contribution in [-0.2, 0) is 11.2 Å². The molecule has 4 nitrogen and oxygen atoms in total. The Balaban J connectivity index is 1.78. The largest absolute Gasteiger partial charge is 0.326 e. The van der Waals surface area contributed by atoms with Crippen molar-refractivity contribution in [2.24, 2.45) is 0 Å². The monoisotopic (exact) mass is 337 g/mol. The first-order valence-electron chi connectivity index (χ1n) is 8.08. The molecule has 0 fully saturated rings. The van der Waals surface area contributed by atoms with Gasteiger partial charge in [-0.3, -0.25) is 4.79 Å². The van der Waals surface area contributed by atoms with E-state index in [2.05, 4.69) is 11.4 Å². The van der Waals surface area contributed by atoms with Crippen molar-refractivity contribution in [2.45, 2.75) is 6.42 Å². The van der Waals surface area contributed by atoms with E-state index in [-0.39, 0.29) is 12.3 Å². The van der Waals surface area contributed by atoms with E-state index in [9.17, 15) is 4.79 Å². The molecule has 0 spiro atoms. The zero-order valence-corrected chi connectivity index (χ0v) is 13.9. The summed E-state index contributed by atoms with van der Waals surface area (Å²) in [4.78, 5) is 12.4. The second-order valence-electron chi connectivity index (χ2n) is 5.76. The van der Waals surface area contributed by atoms with Gasteiger partial charge >= 0.3 is 0 Å². The molecule has 0 radical (unpaired) electrons. The van der Waals surface area contributed by atoms with Crippen molar-refractivity contribution < 1.29 is 4.79 Å². The predicted molar refractivity (Wildman–Crippen MR) is 100 cm³/mol. The normalized spacial score (nSPS) is 9.77. The van der Waals surface area contributed by atoms with Crippen molar-refractivity contribution in [3.8, 4) is 23.3 Å². The first-order chi connectivity index (χ1) is 12.7. The van der Waals surface area contributed by atoms with E-state index in [1.807, 2.05) is 42.5 Å². The molecule has 0 aromatic heterocycles. The van der Waals surface area contributed by atoms with Crippen molar-refractivity contribution in [1.29, 1.82) is 10.5 Å². The summed E-state index contributed by atoms with van der Waals surface area (Å²) in [5, 5.41) is 20.6. The third kappa shape index (κ3) is 3.95. The molecule has 1 amide bonds. The smallest absolute Gasteiger partial charge is 0.228 e. The fourth-order valence-electron chi connectivity index (χ4n) is 2.69. The molecule has 0 saturated heterocycles. The third-order valence-corrected chi connectivity index (χ3v) is 3.99. The molecule has 0 saturated carbocycles. The van der Waals surface area contributed by atoms with E-state index < -0.39 is 0 Å². The summed E-state index contributed by atoms with van der Waals surface area (Å²) < 4.78 is 0. The average Bonchev–Trinajstić information content (AvgIpc) is 2.69. The predicted octanol–water partition coefficient (Wildman–Crippen LogP) is 4.28. The lowest BCUT2D eigenvalue weighted by Crippen LogP contribution is -2.14. The average molecular weight is 337 g/mol. The second-order valence-corrected chi connectivity index (χ2v) is 5.76. The van der Waals surface area contributed by atoms with Gasteiger partial charge in [-0.1, -0.05) is 36.4 Å². The minimum atomic E-state index is -0.129. The minimum Gasteiger partial charge on any atom is -0.326 e. The van der Waals surface area contributed by atoms with Crippen LogP contribution in [0.3, 0.4) is 0 Å². The maximum atomic E-state index is 12.4. The SMILES string of the molecule is N#Cc1ccc(NC(=O)Cc2ccccc2-c2ccc(C#N)cc2)cc1. The fourth-order valence-corrected chi connectivity index (χ4v) is 2.69. The summed E-state index contributed by atoms with van der Waals surface area (Å²) in [5.41, 5.74) is 4.64. The molecule has 0 unspecified atom stereocenters. The van der Waals surface area contributed by atoms with E-state index >= 15 is 0 Å². The molecule has 26 heavy (non-hydrogen) atoms. The van der Waals surface area contributed by atoms with Crippen LogP contribution in [0.1, 0.15) is 16.7 Å². The molecule has 124 valence electrons. The highest BCUT2D eigenvalue weighted by molar-refractivity contribution is 5.93. The van der Waals surface area contributed by atoms with Gasteiger partial charge in [0.05, 0.1) is 29.7 Å². The van der Waals surface area contributed by atoms with Gasteiger partial charge in [0.15, 0.2) is 0 Å². The van der Waals surface area contributed by atoms with Crippen LogP contribution < -0.4 is 5.32 Å². The van der Waals surface area contributed by atoms with E-state index in [0.717, 1.165) is 16.7 Å². The number of amides is 1. The summed E-state index contributed by atoms with van der Waals surface area (Å²) in [6.45, 7) is 0. The number of nitrogens with zero attached hydrogens (tertiary/aromatic N) is 2. The van der Waals surface area contributed by atoms with Crippen LogP contribution >= 0.6 is 0 Å². The maximum absolute atomic E-state index is 12.4. The van der Waals surface area contributed by atoms with Crippen molar-refractivity contribution in [1.82, 2.24) is 0 Å². The maximum Gasteiger partial charge on any atom is 0.228 e. The van der Waals surface area contributed by atoms with Crippen LogP contribution in [-0.4, -0.2) is 5.91 Å². The highest BCUT2D eigenvalue weighted by Crippen LogP contribution is 2.24. The van der Waals surface area contributed by atoms with Gasteiger partial charge in [-0.05, 0) is 53.1 Å². The number of benzene rings is 3. The summed E-state index contributed by atoms with van der Waals surface area (Å²) >= 11 is 0. The van der Waals surface area contributed by atoms with Crippen LogP contribution in [0.25, 0.3) is 11.1 Å². The first-order valence-corrected chi connectivity index (χ1v) is 8.08. The Morgan fingerprint density at radius 1 is 0.808 bits per heavy atom. The standard InChI is InChI=1S/C22H15N3O/c23-14-16-5-9-18(10-6-16)21-4-2-1-3-19(21)13-22(26)25-20-11-7-17(15-24)8-12-20/h1-12H,13H2,(H,25,26). The van der Waals surface area contributed by atoms with Crippen LogP contribution in [0.4, 0.5) is 5.69 Å². The molecule has 0 aliphatic rings. The zero-order valence-electron chi connectivity index (χ0n) is 13.9. The Morgan fingerprint density at radius 3 is 2.00 bits per heavy atom. The van der Waals surface area contributed by atoms with Gasteiger partial charge in [-0.25, -0.2) is 0 Å². The number of carbonyl (C=O) groups is 1. The number of rotatable bonds is 4. The topological polar surface area (TPSA) is 76.7 Å². The number of nitrogens with one attached hydrogen (secondary N) is 1. The van der Waals surface area contributed by atoms with Gasteiger partial charge < -0.3 is 5.32 Å². The van der Waals surface area contributed by atoms with Crippen LogP contribution in [0.5, 0.6) is 0 Å². The molecular weight excluding hydrogens is 322 g/mol. The Morgan fingerprint density at radius 2 is 1.38 bits per heavy atom. The number of anilines is 1. The highest BCUT2D eigenvalue weighted by Gasteiger charge is 2.10. The number of hydrogen-bond acceptors (Lipinski definition) is 3. The number of hydrogen-bond donors (Lipinski definition) is 1. The number of carbonyl (C=O) groups excluding carboxylic acids is 1. The fraction of sp³-hybridized carbons (Fsp3) is 0.0455.